The van der Waals surface area contributed by atoms with Gasteiger partial charge in [-0.1, -0.05) is 45.0 Å². The SMILES string of the molecule is COC(=O)Nc1cc(C(C)(C)C)cc(NC(=O)Nc2ccc(Oc3ccnc(CN4CCC(O)CC4)c3)c3ccccc23)c1OC. The third-order valence-electron chi connectivity index (χ3n) is 7.92. The van der Waals surface area contributed by atoms with Gasteiger partial charge in [0.25, 0.3) is 0 Å². The van der Waals surface area contributed by atoms with E-state index in [1.807, 2.05) is 69.3 Å². The number of piperidine rings is 1. The lowest BCUT2D eigenvalue weighted by Gasteiger charge is -2.29. The number of fused-ring (bicyclic) bond motifs is 1. The van der Waals surface area contributed by atoms with Gasteiger partial charge in [-0.05, 0) is 54.2 Å². The zero-order valence-corrected chi connectivity index (χ0v) is 26.8. The number of hydrogen-bond acceptors (Lipinski definition) is 8. The fourth-order valence-corrected chi connectivity index (χ4v) is 5.41. The first-order valence-electron chi connectivity index (χ1n) is 15.2. The van der Waals surface area contributed by atoms with Crippen molar-refractivity contribution in [2.24, 2.45) is 0 Å². The molecule has 0 radical (unpaired) electrons. The molecule has 11 nitrogen and oxygen atoms in total. The second-order valence-corrected chi connectivity index (χ2v) is 12.3. The normalized spacial score (nSPS) is 14.0. The van der Waals surface area contributed by atoms with Crippen LogP contribution in [0.25, 0.3) is 10.8 Å². The standard InChI is InChI=1S/C35H41N5O6/c1-35(2,3)22-18-29(32(44-4)30(19-22)39-34(43)45-5)38-33(42)37-28-10-11-31(27-9-7-6-8-26(27)28)46-25-12-15-36-23(20-25)21-40-16-13-24(41)14-17-40/h6-12,15,18-20,24,41H,13-14,16-17,21H2,1-5H3,(H,39,43)(H2,37,38,42). The number of rotatable bonds is 8. The quantitative estimate of drug-likeness (QED) is 0.162. The minimum atomic E-state index is -0.653. The molecular formula is C35H41N5O6. The van der Waals surface area contributed by atoms with Gasteiger partial charge >= 0.3 is 12.1 Å². The Hall–Kier alpha value is -4.87. The summed E-state index contributed by atoms with van der Waals surface area (Å²) in [5, 5.41) is 19.9. The van der Waals surface area contributed by atoms with Gasteiger partial charge in [0.1, 0.15) is 11.5 Å². The number of pyridine rings is 1. The molecule has 46 heavy (non-hydrogen) atoms. The summed E-state index contributed by atoms with van der Waals surface area (Å²) in [7, 11) is 2.75. The van der Waals surface area contributed by atoms with Gasteiger partial charge in [-0.15, -0.1) is 0 Å². The van der Waals surface area contributed by atoms with Crippen LogP contribution >= 0.6 is 0 Å². The largest absolute Gasteiger partial charge is 0.492 e. The van der Waals surface area contributed by atoms with Crippen LogP contribution in [0, 0.1) is 0 Å². The van der Waals surface area contributed by atoms with Gasteiger partial charge in [0.15, 0.2) is 5.75 Å². The zero-order valence-electron chi connectivity index (χ0n) is 26.8. The maximum Gasteiger partial charge on any atom is 0.411 e. The molecule has 242 valence electrons. The van der Waals surface area contributed by atoms with Crippen molar-refractivity contribution in [1.82, 2.24) is 9.88 Å². The van der Waals surface area contributed by atoms with Gasteiger partial charge in [-0.3, -0.25) is 15.2 Å². The summed E-state index contributed by atoms with van der Waals surface area (Å²) >= 11 is 0. The molecule has 11 heteroatoms. The van der Waals surface area contributed by atoms with Crippen LogP contribution in [0.3, 0.4) is 0 Å². The number of carbonyl (C=O) groups is 2. The number of aliphatic hydroxyl groups excluding tert-OH is 1. The number of nitrogens with one attached hydrogen (secondary N) is 3. The lowest BCUT2D eigenvalue weighted by molar-refractivity contribution is 0.0786. The highest BCUT2D eigenvalue weighted by Crippen LogP contribution is 2.39. The monoisotopic (exact) mass is 627 g/mol. The Morgan fingerprint density at radius 2 is 1.59 bits per heavy atom. The van der Waals surface area contributed by atoms with Crippen LogP contribution in [0.5, 0.6) is 17.2 Å². The molecular weight excluding hydrogens is 586 g/mol. The van der Waals surface area contributed by atoms with Gasteiger partial charge in [-0.2, -0.15) is 0 Å². The Morgan fingerprint density at radius 3 is 2.26 bits per heavy atom. The van der Waals surface area contributed by atoms with Crippen LogP contribution < -0.4 is 25.4 Å². The summed E-state index contributed by atoms with van der Waals surface area (Å²) < 4.78 is 16.7. The molecule has 1 saturated heterocycles. The molecule has 1 aliphatic heterocycles. The Morgan fingerprint density at radius 1 is 0.913 bits per heavy atom. The van der Waals surface area contributed by atoms with Crippen molar-refractivity contribution in [3.8, 4) is 17.2 Å². The molecule has 5 rings (SSSR count). The summed E-state index contributed by atoms with van der Waals surface area (Å²) in [6, 6.07) is 18.2. The molecule has 0 bridgehead atoms. The smallest absolute Gasteiger partial charge is 0.411 e. The van der Waals surface area contributed by atoms with Gasteiger partial charge in [0.05, 0.1) is 43.1 Å². The highest BCUT2D eigenvalue weighted by Gasteiger charge is 2.23. The fraction of sp³-hybridized carbons (Fsp3) is 0.343. The molecule has 0 aliphatic carbocycles. The van der Waals surface area contributed by atoms with Crippen LogP contribution in [-0.2, 0) is 16.7 Å². The lowest BCUT2D eigenvalue weighted by atomic mass is 9.86. The van der Waals surface area contributed by atoms with Crippen LogP contribution in [0.1, 0.15) is 44.9 Å². The predicted molar refractivity (Wildman–Crippen MR) is 179 cm³/mol. The van der Waals surface area contributed by atoms with E-state index in [1.165, 1.54) is 14.2 Å². The number of aromatic nitrogens is 1. The highest BCUT2D eigenvalue weighted by atomic mass is 16.5. The summed E-state index contributed by atoms with van der Waals surface area (Å²) in [6.07, 6.45) is 2.40. The molecule has 2 heterocycles. The molecule has 1 aromatic heterocycles. The first-order valence-corrected chi connectivity index (χ1v) is 15.2. The number of carbonyl (C=O) groups excluding carboxylic acids is 2. The summed E-state index contributed by atoms with van der Waals surface area (Å²) in [6.45, 7) is 8.45. The number of aliphatic hydroxyl groups is 1. The van der Waals surface area contributed by atoms with Crippen LogP contribution in [0.4, 0.5) is 26.7 Å². The average Bonchev–Trinajstić information content (AvgIpc) is 3.03. The Kier molecular flexibility index (Phi) is 9.93. The summed E-state index contributed by atoms with van der Waals surface area (Å²) in [5.41, 5.74) is 2.82. The van der Waals surface area contributed by atoms with E-state index in [4.69, 9.17) is 14.2 Å². The van der Waals surface area contributed by atoms with Gasteiger partial charge in [-0.25, -0.2) is 9.59 Å². The number of amides is 3. The van der Waals surface area contributed by atoms with E-state index >= 15 is 0 Å². The van der Waals surface area contributed by atoms with Crippen LogP contribution in [0.15, 0.2) is 66.9 Å². The number of anilines is 3. The Balaban J connectivity index is 1.36. The summed E-state index contributed by atoms with van der Waals surface area (Å²) in [5.74, 6) is 1.59. The van der Waals surface area contributed by atoms with E-state index in [2.05, 4.69) is 25.8 Å². The van der Waals surface area contributed by atoms with Crippen molar-refractivity contribution >= 4 is 40.0 Å². The third kappa shape index (κ3) is 7.85. The molecule has 3 amide bonds. The molecule has 0 unspecified atom stereocenters. The summed E-state index contributed by atoms with van der Waals surface area (Å²) in [4.78, 5) is 32.2. The molecule has 1 fully saturated rings. The molecule has 4 aromatic rings. The minimum absolute atomic E-state index is 0.221. The number of nitrogens with zero attached hydrogens (tertiary/aromatic N) is 2. The molecule has 0 spiro atoms. The van der Waals surface area contributed by atoms with Crippen molar-refractivity contribution in [3.05, 3.63) is 78.1 Å². The highest BCUT2D eigenvalue weighted by molar-refractivity contribution is 6.08. The first-order chi connectivity index (χ1) is 22.0. The number of urea groups is 1. The van der Waals surface area contributed by atoms with E-state index in [0.29, 0.717) is 35.1 Å². The Labute approximate surface area is 268 Å². The van der Waals surface area contributed by atoms with Crippen LogP contribution in [-0.4, -0.2) is 60.5 Å². The number of likely N-dealkylation sites (tertiary alicyclic amines) is 1. The molecule has 0 atom stereocenters. The van der Waals surface area contributed by atoms with Crippen molar-refractivity contribution in [2.45, 2.75) is 51.7 Å². The van der Waals surface area contributed by atoms with Crippen molar-refractivity contribution in [1.29, 1.82) is 0 Å². The topological polar surface area (TPSA) is 134 Å². The van der Waals surface area contributed by atoms with E-state index in [9.17, 15) is 14.7 Å². The molecule has 1 aliphatic rings. The number of benzene rings is 3. The van der Waals surface area contributed by atoms with E-state index < -0.39 is 12.1 Å². The zero-order chi connectivity index (χ0) is 32.8. The molecule has 4 N–H and O–H groups in total. The van der Waals surface area contributed by atoms with E-state index in [0.717, 1.165) is 48.0 Å². The van der Waals surface area contributed by atoms with Crippen molar-refractivity contribution in [3.63, 3.8) is 0 Å². The van der Waals surface area contributed by atoms with Gasteiger partial charge in [0, 0.05) is 42.7 Å². The molecule has 3 aromatic carbocycles. The fourth-order valence-electron chi connectivity index (χ4n) is 5.41. The lowest BCUT2D eigenvalue weighted by Crippen LogP contribution is -2.35. The minimum Gasteiger partial charge on any atom is -0.492 e. The average molecular weight is 628 g/mol. The van der Waals surface area contributed by atoms with E-state index in [1.54, 1.807) is 18.3 Å². The second kappa shape index (κ2) is 14.1. The number of methoxy groups -OCH3 is 2. The third-order valence-corrected chi connectivity index (χ3v) is 7.92. The predicted octanol–water partition coefficient (Wildman–Crippen LogP) is 7.11. The first kappa shape index (κ1) is 32.5. The number of ether oxygens (including phenoxy) is 3. The van der Waals surface area contributed by atoms with Gasteiger partial charge < -0.3 is 30.0 Å². The van der Waals surface area contributed by atoms with Crippen molar-refractivity contribution in [2.75, 3.05) is 43.3 Å². The van der Waals surface area contributed by atoms with Gasteiger partial charge in [0.2, 0.25) is 0 Å². The number of hydrogen-bond donors (Lipinski definition) is 4. The van der Waals surface area contributed by atoms with Crippen molar-refractivity contribution < 1.29 is 28.9 Å². The Bertz CT molecular complexity index is 1710. The van der Waals surface area contributed by atoms with E-state index in [-0.39, 0.29) is 17.3 Å². The maximum absolute atomic E-state index is 13.4. The molecule has 0 saturated carbocycles. The van der Waals surface area contributed by atoms with Crippen LogP contribution in [0.2, 0.25) is 0 Å². The maximum atomic E-state index is 13.4. The second-order valence-electron chi connectivity index (χ2n) is 12.3.